The van der Waals surface area contributed by atoms with Gasteiger partial charge in [0.05, 0.1) is 24.1 Å². The molecule has 0 saturated carbocycles. The van der Waals surface area contributed by atoms with Gasteiger partial charge in [-0.05, 0) is 13.8 Å². The fourth-order valence-electron chi connectivity index (χ4n) is 1.72. The second-order valence-electron chi connectivity index (χ2n) is 4.12. The van der Waals surface area contributed by atoms with Crippen molar-refractivity contribution in [1.29, 1.82) is 0 Å². The van der Waals surface area contributed by atoms with Gasteiger partial charge in [0.15, 0.2) is 0 Å². The van der Waals surface area contributed by atoms with Gasteiger partial charge in [-0.25, -0.2) is 0 Å². The number of hydrogen-bond acceptors (Lipinski definition) is 6. The van der Waals surface area contributed by atoms with E-state index in [-0.39, 0.29) is 18.1 Å². The first kappa shape index (κ1) is 15.0. The highest BCUT2D eigenvalue weighted by molar-refractivity contribution is 5.69. The molecule has 7 heteroatoms. The fourth-order valence-corrected chi connectivity index (χ4v) is 1.72. The van der Waals surface area contributed by atoms with Gasteiger partial charge in [0.25, 0.3) is 5.69 Å². The van der Waals surface area contributed by atoms with Crippen LogP contribution in [0.1, 0.15) is 23.2 Å². The first-order chi connectivity index (χ1) is 8.97. The van der Waals surface area contributed by atoms with Gasteiger partial charge in [0.1, 0.15) is 0 Å². The topological polar surface area (TPSA) is 94.4 Å². The van der Waals surface area contributed by atoms with Crippen LogP contribution in [0, 0.1) is 24.0 Å². The Bertz CT molecular complexity index is 488. The number of nitrogens with one attached hydrogen (secondary N) is 1. The number of carbonyl (C=O) groups is 1. The highest BCUT2D eigenvalue weighted by atomic mass is 16.6. The van der Waals surface area contributed by atoms with Crippen molar-refractivity contribution in [3.63, 3.8) is 0 Å². The molecule has 0 aliphatic carbocycles. The van der Waals surface area contributed by atoms with Crippen LogP contribution in [0.2, 0.25) is 0 Å². The minimum atomic E-state index is -0.399. The Kier molecular flexibility index (Phi) is 5.37. The van der Waals surface area contributed by atoms with Gasteiger partial charge in [0.2, 0.25) is 0 Å². The molecule has 0 bridgehead atoms. The lowest BCUT2D eigenvalue weighted by Crippen LogP contribution is -2.20. The fraction of sp³-hybridized carbons (Fsp3) is 0.500. The summed E-state index contributed by atoms with van der Waals surface area (Å²) in [5.41, 5.74) is 1.80. The van der Waals surface area contributed by atoms with Crippen molar-refractivity contribution < 1.29 is 14.5 Å². The van der Waals surface area contributed by atoms with E-state index < -0.39 is 4.92 Å². The maximum Gasteiger partial charge on any atom is 0.306 e. The van der Waals surface area contributed by atoms with E-state index in [0.29, 0.717) is 29.9 Å². The van der Waals surface area contributed by atoms with Crippen molar-refractivity contribution in [2.45, 2.75) is 26.8 Å². The molecular weight excluding hydrogens is 250 g/mol. The molecule has 0 atom stereocenters. The van der Waals surface area contributed by atoms with Gasteiger partial charge in [0, 0.05) is 30.4 Å². The van der Waals surface area contributed by atoms with Crippen molar-refractivity contribution >= 4 is 11.7 Å². The van der Waals surface area contributed by atoms with Crippen molar-refractivity contribution in [3.05, 3.63) is 33.1 Å². The molecule has 1 N–H and O–H groups in total. The zero-order valence-electron chi connectivity index (χ0n) is 11.2. The molecule has 1 rings (SSSR count). The third-order valence-corrected chi connectivity index (χ3v) is 2.78. The molecule has 1 heterocycles. The number of carbonyl (C=O) groups excluding carboxylic acids is 1. The number of esters is 1. The van der Waals surface area contributed by atoms with Crippen molar-refractivity contribution in [1.82, 2.24) is 10.3 Å². The molecule has 0 aliphatic rings. The largest absolute Gasteiger partial charge is 0.469 e. The van der Waals surface area contributed by atoms with Crippen molar-refractivity contribution in [2.24, 2.45) is 0 Å². The lowest BCUT2D eigenvalue weighted by atomic mass is 10.1. The smallest absolute Gasteiger partial charge is 0.306 e. The van der Waals surface area contributed by atoms with E-state index in [1.54, 1.807) is 13.8 Å². The molecule has 0 radical (unpaired) electrons. The third kappa shape index (κ3) is 3.99. The SMILES string of the molecule is COC(=O)CCNCc1ncc(C)c([N+](=O)[O-])c1C. The second kappa shape index (κ2) is 6.79. The van der Waals surface area contributed by atoms with Crippen molar-refractivity contribution in [3.8, 4) is 0 Å². The van der Waals surface area contributed by atoms with E-state index in [1.807, 2.05) is 0 Å². The van der Waals surface area contributed by atoms with Gasteiger partial charge in [-0.2, -0.15) is 0 Å². The molecule has 0 unspecified atom stereocenters. The Morgan fingerprint density at radius 1 is 1.53 bits per heavy atom. The molecule has 0 saturated heterocycles. The van der Waals surface area contributed by atoms with Gasteiger partial charge in [-0.1, -0.05) is 0 Å². The van der Waals surface area contributed by atoms with E-state index in [2.05, 4.69) is 15.0 Å². The second-order valence-corrected chi connectivity index (χ2v) is 4.12. The molecule has 0 fully saturated rings. The van der Waals surface area contributed by atoms with Gasteiger partial charge < -0.3 is 10.1 Å². The van der Waals surface area contributed by atoms with Crippen LogP contribution >= 0.6 is 0 Å². The Morgan fingerprint density at radius 2 is 2.21 bits per heavy atom. The Labute approximate surface area is 111 Å². The number of hydrogen-bond donors (Lipinski definition) is 1. The Balaban J connectivity index is 2.67. The zero-order valence-corrected chi connectivity index (χ0v) is 11.2. The number of nitro groups is 1. The quantitative estimate of drug-likeness (QED) is 0.361. The number of methoxy groups -OCH3 is 1. The molecule has 0 amide bonds. The number of aromatic nitrogens is 1. The lowest BCUT2D eigenvalue weighted by Gasteiger charge is -2.08. The minimum Gasteiger partial charge on any atom is -0.469 e. The number of rotatable bonds is 6. The maximum absolute atomic E-state index is 10.9. The van der Waals surface area contributed by atoms with E-state index in [1.165, 1.54) is 13.3 Å². The number of pyridine rings is 1. The summed E-state index contributed by atoms with van der Waals surface area (Å²) in [5.74, 6) is -0.299. The first-order valence-electron chi connectivity index (χ1n) is 5.84. The van der Waals surface area contributed by atoms with Crippen LogP contribution in [-0.2, 0) is 16.1 Å². The summed E-state index contributed by atoms with van der Waals surface area (Å²) in [6.45, 7) is 4.15. The van der Waals surface area contributed by atoms with Gasteiger partial charge in [-0.3, -0.25) is 19.9 Å². The Morgan fingerprint density at radius 3 is 2.79 bits per heavy atom. The number of aryl methyl sites for hydroxylation is 1. The molecule has 19 heavy (non-hydrogen) atoms. The summed E-state index contributed by atoms with van der Waals surface area (Å²) in [5, 5.41) is 14.0. The van der Waals surface area contributed by atoms with E-state index in [9.17, 15) is 14.9 Å². The predicted molar refractivity (Wildman–Crippen MR) is 68.7 cm³/mol. The molecule has 0 aromatic carbocycles. The highest BCUT2D eigenvalue weighted by Crippen LogP contribution is 2.23. The van der Waals surface area contributed by atoms with E-state index >= 15 is 0 Å². The normalized spacial score (nSPS) is 10.3. The van der Waals surface area contributed by atoms with Crippen LogP contribution in [0.25, 0.3) is 0 Å². The molecular formula is C12H17N3O4. The first-order valence-corrected chi connectivity index (χ1v) is 5.84. The minimum absolute atomic E-state index is 0.0970. The van der Waals surface area contributed by atoms with Crippen LogP contribution in [0.3, 0.4) is 0 Å². The summed E-state index contributed by atoms with van der Waals surface area (Å²) < 4.78 is 4.51. The van der Waals surface area contributed by atoms with E-state index in [4.69, 9.17) is 0 Å². The maximum atomic E-state index is 10.9. The average Bonchev–Trinajstić information content (AvgIpc) is 2.36. The molecule has 104 valence electrons. The standard InChI is InChI=1S/C12H17N3O4/c1-8-6-14-10(9(2)12(8)15(17)18)7-13-5-4-11(16)19-3/h6,13H,4-5,7H2,1-3H3. The van der Waals surface area contributed by atoms with Crippen LogP contribution in [0.5, 0.6) is 0 Å². The van der Waals surface area contributed by atoms with Gasteiger partial charge >= 0.3 is 5.97 Å². The van der Waals surface area contributed by atoms with Crippen LogP contribution in [-0.4, -0.2) is 29.5 Å². The summed E-state index contributed by atoms with van der Waals surface area (Å²) >= 11 is 0. The molecule has 1 aromatic rings. The number of ether oxygens (including phenoxy) is 1. The molecule has 7 nitrogen and oxygen atoms in total. The lowest BCUT2D eigenvalue weighted by molar-refractivity contribution is -0.386. The molecule has 0 spiro atoms. The van der Waals surface area contributed by atoms with Crippen molar-refractivity contribution in [2.75, 3.05) is 13.7 Å². The molecule has 0 aliphatic heterocycles. The zero-order chi connectivity index (χ0) is 14.4. The average molecular weight is 267 g/mol. The third-order valence-electron chi connectivity index (χ3n) is 2.78. The predicted octanol–water partition coefficient (Wildman–Crippen LogP) is 1.26. The monoisotopic (exact) mass is 267 g/mol. The highest BCUT2D eigenvalue weighted by Gasteiger charge is 2.18. The van der Waals surface area contributed by atoms with Gasteiger partial charge in [-0.15, -0.1) is 0 Å². The Hall–Kier alpha value is -2.02. The summed E-state index contributed by atoms with van der Waals surface area (Å²) in [6, 6.07) is 0. The summed E-state index contributed by atoms with van der Waals surface area (Å²) in [7, 11) is 1.33. The molecule has 1 aromatic heterocycles. The summed E-state index contributed by atoms with van der Waals surface area (Å²) in [6.07, 6.45) is 1.74. The van der Waals surface area contributed by atoms with E-state index in [0.717, 1.165) is 0 Å². The van der Waals surface area contributed by atoms with Crippen LogP contribution < -0.4 is 5.32 Å². The van der Waals surface area contributed by atoms with Crippen LogP contribution in [0.15, 0.2) is 6.20 Å². The summed E-state index contributed by atoms with van der Waals surface area (Å²) in [4.78, 5) is 25.6. The number of nitrogens with zero attached hydrogens (tertiary/aromatic N) is 2. The van der Waals surface area contributed by atoms with Crippen LogP contribution in [0.4, 0.5) is 5.69 Å².